The Balaban J connectivity index is 2.36. The molecule has 0 saturated heterocycles. The van der Waals surface area contributed by atoms with Gasteiger partial charge in [-0.3, -0.25) is 10.1 Å². The molecule has 2 rings (SSSR count). The summed E-state index contributed by atoms with van der Waals surface area (Å²) < 4.78 is 6.28. The van der Waals surface area contributed by atoms with Crippen molar-refractivity contribution in [1.29, 1.82) is 0 Å². The Hall–Kier alpha value is -2.22. The van der Waals surface area contributed by atoms with Crippen molar-refractivity contribution in [3.63, 3.8) is 0 Å². The molecule has 1 heterocycles. The van der Waals surface area contributed by atoms with Crippen LogP contribution in [0.25, 0.3) is 0 Å². The fourth-order valence-electron chi connectivity index (χ4n) is 1.45. The molecule has 8 heteroatoms. The topological polar surface area (TPSA) is 90.2 Å². The summed E-state index contributed by atoms with van der Waals surface area (Å²) in [5, 5.41) is 13.8. The van der Waals surface area contributed by atoms with Crippen LogP contribution in [0.3, 0.4) is 0 Å². The lowest BCUT2D eigenvalue weighted by atomic mass is 10.3. The smallest absolute Gasteiger partial charge is 0.349 e. The van der Waals surface area contributed by atoms with Gasteiger partial charge in [0.25, 0.3) is 0 Å². The van der Waals surface area contributed by atoms with Crippen LogP contribution in [0.5, 0.6) is 11.6 Å². The first-order valence-corrected chi connectivity index (χ1v) is 6.58. The number of benzene rings is 1. The molecule has 0 fully saturated rings. The first-order chi connectivity index (χ1) is 9.60. The van der Waals surface area contributed by atoms with E-state index in [4.69, 9.17) is 4.74 Å². The van der Waals surface area contributed by atoms with Crippen molar-refractivity contribution >= 4 is 27.6 Å². The molecule has 0 atom stereocenters. The molecular formula is C12H11BrN4O3. The van der Waals surface area contributed by atoms with E-state index in [-0.39, 0.29) is 17.5 Å². The second kappa shape index (κ2) is 6.29. The minimum atomic E-state index is -0.580. The maximum Gasteiger partial charge on any atom is 0.349 e. The van der Waals surface area contributed by atoms with E-state index in [1.54, 1.807) is 18.2 Å². The highest BCUT2D eigenvalue weighted by molar-refractivity contribution is 9.10. The van der Waals surface area contributed by atoms with Crippen LogP contribution in [0.1, 0.15) is 6.92 Å². The van der Waals surface area contributed by atoms with E-state index in [0.29, 0.717) is 12.3 Å². The van der Waals surface area contributed by atoms with Crippen molar-refractivity contribution in [2.45, 2.75) is 6.92 Å². The molecule has 0 spiro atoms. The highest BCUT2D eigenvalue weighted by Gasteiger charge is 2.19. The van der Waals surface area contributed by atoms with Gasteiger partial charge in [0.2, 0.25) is 5.95 Å². The maximum absolute atomic E-state index is 11.0. The zero-order valence-corrected chi connectivity index (χ0v) is 12.1. The van der Waals surface area contributed by atoms with Gasteiger partial charge in [0.1, 0.15) is 11.9 Å². The van der Waals surface area contributed by atoms with Crippen molar-refractivity contribution in [1.82, 2.24) is 9.97 Å². The minimum Gasteiger partial charge on any atom is -0.434 e. The van der Waals surface area contributed by atoms with Gasteiger partial charge in [0.05, 0.1) is 4.92 Å². The minimum absolute atomic E-state index is 0.0981. The van der Waals surface area contributed by atoms with Crippen molar-refractivity contribution < 1.29 is 9.66 Å². The molecule has 1 aromatic heterocycles. The third-order valence-electron chi connectivity index (χ3n) is 2.28. The molecule has 0 amide bonds. The Morgan fingerprint density at radius 3 is 2.95 bits per heavy atom. The summed E-state index contributed by atoms with van der Waals surface area (Å²) in [6, 6.07) is 6.96. The second-order valence-corrected chi connectivity index (χ2v) is 4.65. The molecule has 1 aromatic carbocycles. The summed E-state index contributed by atoms with van der Waals surface area (Å²) in [6.07, 6.45) is 1.12. The average Bonchev–Trinajstić information content (AvgIpc) is 2.39. The van der Waals surface area contributed by atoms with E-state index in [1.807, 2.05) is 13.0 Å². The lowest BCUT2D eigenvalue weighted by Gasteiger charge is -2.07. The molecule has 0 aliphatic carbocycles. The van der Waals surface area contributed by atoms with Gasteiger partial charge in [-0.2, -0.15) is 4.98 Å². The van der Waals surface area contributed by atoms with Gasteiger partial charge >= 0.3 is 11.6 Å². The third kappa shape index (κ3) is 3.41. The number of nitrogens with one attached hydrogen (secondary N) is 1. The predicted molar refractivity (Wildman–Crippen MR) is 77.1 cm³/mol. The second-order valence-electron chi connectivity index (χ2n) is 3.73. The third-order valence-corrected chi connectivity index (χ3v) is 2.77. The first-order valence-electron chi connectivity index (χ1n) is 5.79. The number of halogens is 1. The van der Waals surface area contributed by atoms with Gasteiger partial charge in [-0.25, -0.2) is 4.98 Å². The van der Waals surface area contributed by atoms with Gasteiger partial charge in [0, 0.05) is 11.0 Å². The largest absolute Gasteiger partial charge is 0.434 e. The van der Waals surface area contributed by atoms with Crippen molar-refractivity contribution in [2.75, 3.05) is 11.9 Å². The zero-order valence-electron chi connectivity index (χ0n) is 10.5. The van der Waals surface area contributed by atoms with E-state index in [9.17, 15) is 10.1 Å². The SMILES string of the molecule is CCNc1ncc([N+](=O)[O-])c(Oc2cccc(Br)c2)n1. The lowest BCUT2D eigenvalue weighted by Crippen LogP contribution is -2.05. The highest BCUT2D eigenvalue weighted by atomic mass is 79.9. The molecule has 1 N–H and O–H groups in total. The first kappa shape index (κ1) is 14.2. The predicted octanol–water partition coefficient (Wildman–Crippen LogP) is 3.37. The quantitative estimate of drug-likeness (QED) is 0.663. The van der Waals surface area contributed by atoms with Crippen LogP contribution in [0.2, 0.25) is 0 Å². The molecule has 7 nitrogen and oxygen atoms in total. The molecule has 0 aliphatic rings. The molecule has 0 aliphatic heterocycles. The molecule has 0 saturated carbocycles. The molecular weight excluding hydrogens is 328 g/mol. The van der Waals surface area contributed by atoms with E-state index in [2.05, 4.69) is 31.2 Å². The van der Waals surface area contributed by atoms with E-state index < -0.39 is 4.92 Å². The number of nitro groups is 1. The van der Waals surface area contributed by atoms with Crippen LogP contribution in [0.4, 0.5) is 11.6 Å². The fourth-order valence-corrected chi connectivity index (χ4v) is 1.82. The van der Waals surface area contributed by atoms with Gasteiger partial charge in [-0.05, 0) is 25.1 Å². The Morgan fingerprint density at radius 2 is 2.30 bits per heavy atom. The summed E-state index contributed by atoms with van der Waals surface area (Å²) in [6.45, 7) is 2.48. The van der Waals surface area contributed by atoms with Gasteiger partial charge < -0.3 is 10.1 Å². The Labute approximate surface area is 123 Å². The van der Waals surface area contributed by atoms with Crippen molar-refractivity contribution in [3.8, 4) is 11.6 Å². The van der Waals surface area contributed by atoms with Crippen molar-refractivity contribution in [2.24, 2.45) is 0 Å². The van der Waals surface area contributed by atoms with Crippen LogP contribution < -0.4 is 10.1 Å². The van der Waals surface area contributed by atoms with Crippen LogP contribution in [-0.2, 0) is 0 Å². The summed E-state index contributed by atoms with van der Waals surface area (Å²) in [5.74, 6) is 0.630. The van der Waals surface area contributed by atoms with Crippen LogP contribution in [-0.4, -0.2) is 21.4 Å². The number of rotatable bonds is 5. The molecule has 0 radical (unpaired) electrons. The molecule has 20 heavy (non-hydrogen) atoms. The molecule has 0 unspecified atom stereocenters. The monoisotopic (exact) mass is 338 g/mol. The Morgan fingerprint density at radius 1 is 1.50 bits per heavy atom. The number of anilines is 1. The number of hydrogen-bond donors (Lipinski definition) is 1. The van der Waals surface area contributed by atoms with E-state index >= 15 is 0 Å². The lowest BCUT2D eigenvalue weighted by molar-refractivity contribution is -0.386. The van der Waals surface area contributed by atoms with E-state index in [1.165, 1.54) is 0 Å². The molecule has 0 bridgehead atoms. The van der Waals surface area contributed by atoms with Crippen LogP contribution in [0.15, 0.2) is 34.9 Å². The van der Waals surface area contributed by atoms with Crippen LogP contribution in [0, 0.1) is 10.1 Å². The van der Waals surface area contributed by atoms with Crippen molar-refractivity contribution in [3.05, 3.63) is 45.0 Å². The maximum atomic E-state index is 11.0. The normalized spacial score (nSPS) is 10.1. The standard InChI is InChI=1S/C12H11BrN4O3/c1-2-14-12-15-7-10(17(18)19)11(16-12)20-9-5-3-4-8(13)6-9/h3-7H,2H2,1H3,(H,14,15,16). The van der Waals surface area contributed by atoms with Gasteiger partial charge in [0.15, 0.2) is 0 Å². The summed E-state index contributed by atoms with van der Waals surface area (Å²) in [5.41, 5.74) is -0.286. The number of nitrogens with zero attached hydrogens (tertiary/aromatic N) is 3. The molecule has 2 aromatic rings. The van der Waals surface area contributed by atoms with E-state index in [0.717, 1.165) is 10.7 Å². The fraction of sp³-hybridized carbons (Fsp3) is 0.167. The number of ether oxygens (including phenoxy) is 1. The Bertz CT molecular complexity index is 636. The van der Waals surface area contributed by atoms with Crippen LogP contribution >= 0.6 is 15.9 Å². The Kier molecular flexibility index (Phi) is 4.46. The number of aromatic nitrogens is 2. The summed E-state index contributed by atoms with van der Waals surface area (Å²) in [7, 11) is 0. The summed E-state index contributed by atoms with van der Waals surface area (Å²) in [4.78, 5) is 18.2. The molecule has 104 valence electrons. The zero-order chi connectivity index (χ0) is 14.5. The van der Waals surface area contributed by atoms with Gasteiger partial charge in [-0.15, -0.1) is 0 Å². The number of hydrogen-bond acceptors (Lipinski definition) is 6. The highest BCUT2D eigenvalue weighted by Crippen LogP contribution is 2.30. The van der Waals surface area contributed by atoms with Gasteiger partial charge in [-0.1, -0.05) is 22.0 Å². The summed E-state index contributed by atoms with van der Waals surface area (Å²) >= 11 is 3.30. The average molecular weight is 339 g/mol.